The van der Waals surface area contributed by atoms with Gasteiger partial charge in [-0.05, 0) is 31.2 Å². The number of aryl methyl sites for hydroxylation is 1. The molecule has 0 aliphatic rings. The SMILES string of the molecule is C=CCNS(=O)(=O)c1ccc(C(=O)Nc2nc(C)cs2)cc1. The van der Waals surface area contributed by atoms with Gasteiger partial charge in [0.25, 0.3) is 5.91 Å². The van der Waals surface area contributed by atoms with Gasteiger partial charge in [-0.25, -0.2) is 18.1 Å². The fraction of sp³-hybridized carbons (Fsp3) is 0.143. The van der Waals surface area contributed by atoms with Gasteiger partial charge in [-0.15, -0.1) is 17.9 Å². The monoisotopic (exact) mass is 337 g/mol. The number of carbonyl (C=O) groups is 1. The summed E-state index contributed by atoms with van der Waals surface area (Å²) in [5.41, 5.74) is 1.19. The summed E-state index contributed by atoms with van der Waals surface area (Å²) in [4.78, 5) is 16.3. The molecule has 22 heavy (non-hydrogen) atoms. The summed E-state index contributed by atoms with van der Waals surface area (Å²) in [7, 11) is -3.58. The minimum Gasteiger partial charge on any atom is -0.298 e. The maximum atomic E-state index is 12.0. The van der Waals surface area contributed by atoms with Crippen LogP contribution in [-0.2, 0) is 10.0 Å². The van der Waals surface area contributed by atoms with Crippen LogP contribution in [0.5, 0.6) is 0 Å². The lowest BCUT2D eigenvalue weighted by Crippen LogP contribution is -2.23. The van der Waals surface area contributed by atoms with Crippen molar-refractivity contribution in [1.82, 2.24) is 9.71 Å². The van der Waals surface area contributed by atoms with Crippen molar-refractivity contribution in [2.45, 2.75) is 11.8 Å². The molecule has 8 heteroatoms. The number of amides is 1. The van der Waals surface area contributed by atoms with Gasteiger partial charge in [0.05, 0.1) is 10.6 Å². The van der Waals surface area contributed by atoms with E-state index in [4.69, 9.17) is 0 Å². The molecule has 6 nitrogen and oxygen atoms in total. The number of anilines is 1. The van der Waals surface area contributed by atoms with Crippen LogP contribution < -0.4 is 10.0 Å². The molecule has 116 valence electrons. The smallest absolute Gasteiger partial charge is 0.257 e. The first-order chi connectivity index (χ1) is 10.4. The number of thiazole rings is 1. The van der Waals surface area contributed by atoms with Crippen molar-refractivity contribution in [2.24, 2.45) is 0 Å². The standard InChI is InChI=1S/C14H15N3O3S2/c1-3-8-15-22(19,20)12-6-4-11(5-7-12)13(18)17-14-16-10(2)9-21-14/h3-7,9,15H,1,8H2,2H3,(H,16,17,18). The molecular formula is C14H15N3O3S2. The fourth-order valence-corrected chi connectivity index (χ4v) is 3.30. The highest BCUT2D eigenvalue weighted by Crippen LogP contribution is 2.16. The first kappa shape index (κ1) is 16.3. The van der Waals surface area contributed by atoms with Crippen LogP contribution in [0.15, 0.2) is 47.2 Å². The van der Waals surface area contributed by atoms with Crippen LogP contribution in [0.2, 0.25) is 0 Å². The quantitative estimate of drug-likeness (QED) is 0.791. The first-order valence-electron chi connectivity index (χ1n) is 6.36. The summed E-state index contributed by atoms with van der Waals surface area (Å²) in [5, 5.41) is 5.00. The van der Waals surface area contributed by atoms with Gasteiger partial charge in [-0.3, -0.25) is 10.1 Å². The van der Waals surface area contributed by atoms with Crippen molar-refractivity contribution < 1.29 is 13.2 Å². The third-order valence-electron chi connectivity index (χ3n) is 2.68. The molecule has 0 aliphatic carbocycles. The van der Waals surface area contributed by atoms with Crippen LogP contribution in [-0.4, -0.2) is 25.9 Å². The Balaban J connectivity index is 2.11. The van der Waals surface area contributed by atoms with Crippen LogP contribution in [0.25, 0.3) is 0 Å². The van der Waals surface area contributed by atoms with E-state index in [-0.39, 0.29) is 17.3 Å². The van der Waals surface area contributed by atoms with E-state index in [1.54, 1.807) is 0 Å². The Labute approximate surface area is 133 Å². The largest absolute Gasteiger partial charge is 0.298 e. The summed E-state index contributed by atoms with van der Waals surface area (Å²) in [6.07, 6.45) is 1.45. The van der Waals surface area contributed by atoms with Gasteiger partial charge in [-0.2, -0.15) is 0 Å². The molecule has 0 bridgehead atoms. The third kappa shape index (κ3) is 4.00. The molecule has 0 saturated carbocycles. The molecule has 0 fully saturated rings. The van der Waals surface area contributed by atoms with E-state index < -0.39 is 10.0 Å². The first-order valence-corrected chi connectivity index (χ1v) is 8.73. The second kappa shape index (κ2) is 6.82. The van der Waals surface area contributed by atoms with Crippen LogP contribution in [0.4, 0.5) is 5.13 Å². The Kier molecular flexibility index (Phi) is 5.07. The maximum Gasteiger partial charge on any atom is 0.257 e. The van der Waals surface area contributed by atoms with Crippen LogP contribution in [0, 0.1) is 6.92 Å². The lowest BCUT2D eigenvalue weighted by Gasteiger charge is -2.06. The lowest BCUT2D eigenvalue weighted by atomic mass is 10.2. The average molecular weight is 337 g/mol. The van der Waals surface area contributed by atoms with Crippen molar-refractivity contribution in [1.29, 1.82) is 0 Å². The van der Waals surface area contributed by atoms with Gasteiger partial charge in [0, 0.05) is 17.5 Å². The average Bonchev–Trinajstić information content (AvgIpc) is 2.90. The van der Waals surface area contributed by atoms with Gasteiger partial charge in [0.15, 0.2) is 5.13 Å². The number of hydrogen-bond acceptors (Lipinski definition) is 5. The molecule has 2 aromatic rings. The molecule has 0 atom stereocenters. The van der Waals surface area contributed by atoms with E-state index in [0.717, 1.165) is 5.69 Å². The molecular weight excluding hydrogens is 322 g/mol. The van der Waals surface area contributed by atoms with Gasteiger partial charge >= 0.3 is 0 Å². The molecule has 2 rings (SSSR count). The Morgan fingerprint density at radius 1 is 1.36 bits per heavy atom. The highest BCUT2D eigenvalue weighted by Gasteiger charge is 2.14. The molecule has 0 saturated heterocycles. The topological polar surface area (TPSA) is 88.2 Å². The predicted molar refractivity (Wildman–Crippen MR) is 86.6 cm³/mol. The van der Waals surface area contributed by atoms with E-state index in [1.165, 1.54) is 41.7 Å². The number of aromatic nitrogens is 1. The highest BCUT2D eigenvalue weighted by atomic mass is 32.2. The van der Waals surface area contributed by atoms with E-state index in [9.17, 15) is 13.2 Å². The summed E-state index contributed by atoms with van der Waals surface area (Å²) < 4.78 is 26.2. The number of carbonyl (C=O) groups excluding carboxylic acids is 1. The lowest BCUT2D eigenvalue weighted by molar-refractivity contribution is 0.102. The number of hydrogen-bond donors (Lipinski definition) is 2. The van der Waals surface area contributed by atoms with Crippen molar-refractivity contribution in [2.75, 3.05) is 11.9 Å². The van der Waals surface area contributed by atoms with E-state index in [2.05, 4.69) is 21.6 Å². The number of benzene rings is 1. The second-order valence-electron chi connectivity index (χ2n) is 4.41. The fourth-order valence-electron chi connectivity index (χ4n) is 1.62. The molecule has 1 aromatic carbocycles. The van der Waals surface area contributed by atoms with E-state index >= 15 is 0 Å². The molecule has 0 aliphatic heterocycles. The molecule has 1 aromatic heterocycles. The van der Waals surface area contributed by atoms with Crippen molar-refractivity contribution in [3.8, 4) is 0 Å². The van der Waals surface area contributed by atoms with Crippen LogP contribution in [0.1, 0.15) is 16.1 Å². The van der Waals surface area contributed by atoms with Gasteiger partial charge in [0.2, 0.25) is 10.0 Å². The predicted octanol–water partition coefficient (Wildman–Crippen LogP) is 2.17. The normalized spacial score (nSPS) is 11.1. The van der Waals surface area contributed by atoms with Crippen molar-refractivity contribution in [3.63, 3.8) is 0 Å². The Hall–Kier alpha value is -2.03. The number of sulfonamides is 1. The summed E-state index contributed by atoms with van der Waals surface area (Å²) >= 11 is 1.33. The Morgan fingerprint density at radius 3 is 2.59 bits per heavy atom. The molecule has 0 spiro atoms. The van der Waals surface area contributed by atoms with E-state index in [1.807, 2.05) is 12.3 Å². The Morgan fingerprint density at radius 2 is 2.05 bits per heavy atom. The van der Waals surface area contributed by atoms with Crippen LogP contribution >= 0.6 is 11.3 Å². The number of rotatable bonds is 6. The van der Waals surface area contributed by atoms with E-state index in [0.29, 0.717) is 10.7 Å². The third-order valence-corrected chi connectivity index (χ3v) is 5.00. The zero-order valence-electron chi connectivity index (χ0n) is 11.9. The zero-order chi connectivity index (χ0) is 16.2. The molecule has 1 amide bonds. The Bertz CT molecular complexity index is 780. The molecule has 0 radical (unpaired) electrons. The molecule has 0 unspecified atom stereocenters. The van der Waals surface area contributed by atoms with Gasteiger partial charge in [0.1, 0.15) is 0 Å². The number of nitrogens with zero attached hydrogens (tertiary/aromatic N) is 1. The molecule has 2 N–H and O–H groups in total. The zero-order valence-corrected chi connectivity index (χ0v) is 13.5. The van der Waals surface area contributed by atoms with Crippen LogP contribution in [0.3, 0.4) is 0 Å². The maximum absolute atomic E-state index is 12.0. The van der Waals surface area contributed by atoms with Gasteiger partial charge in [-0.1, -0.05) is 6.08 Å². The highest BCUT2D eigenvalue weighted by molar-refractivity contribution is 7.89. The molecule has 1 heterocycles. The minimum absolute atomic E-state index is 0.0935. The van der Waals surface area contributed by atoms with Crippen molar-refractivity contribution in [3.05, 3.63) is 53.6 Å². The summed E-state index contributed by atoms with van der Waals surface area (Å²) in [6.45, 7) is 5.43. The van der Waals surface area contributed by atoms with Gasteiger partial charge < -0.3 is 0 Å². The summed E-state index contributed by atoms with van der Waals surface area (Å²) in [5.74, 6) is -0.336. The summed E-state index contributed by atoms with van der Waals surface area (Å²) in [6, 6.07) is 5.68. The number of nitrogens with one attached hydrogen (secondary N) is 2. The van der Waals surface area contributed by atoms with Crippen molar-refractivity contribution >= 4 is 32.4 Å². The minimum atomic E-state index is -3.58. The second-order valence-corrected chi connectivity index (χ2v) is 7.04.